The summed E-state index contributed by atoms with van der Waals surface area (Å²) in [4.78, 5) is 8.73. The van der Waals surface area contributed by atoms with E-state index in [-0.39, 0.29) is 0 Å². The Morgan fingerprint density at radius 3 is 2.86 bits per heavy atom. The minimum absolute atomic E-state index is 0.510. The Morgan fingerprint density at radius 2 is 2.14 bits per heavy atom. The third kappa shape index (κ3) is 2.91. The Balaban J connectivity index is 2.16. The Morgan fingerprint density at radius 1 is 1.32 bits per heavy atom. The Labute approximate surface area is 146 Å². The van der Waals surface area contributed by atoms with Crippen LogP contribution in [0.1, 0.15) is 30.3 Å². The van der Waals surface area contributed by atoms with Gasteiger partial charge in [0.05, 0.1) is 15.2 Å². The highest BCUT2D eigenvalue weighted by Crippen LogP contribution is 2.39. The lowest BCUT2D eigenvalue weighted by molar-refractivity contribution is 0.0697. The van der Waals surface area contributed by atoms with Gasteiger partial charge in [0.2, 0.25) is 0 Å². The largest absolute Gasteiger partial charge is 0.378 e. The van der Waals surface area contributed by atoms with E-state index in [0.717, 1.165) is 21.1 Å². The van der Waals surface area contributed by atoms with Crippen LogP contribution < -0.4 is 0 Å². The van der Waals surface area contributed by atoms with E-state index in [9.17, 15) is 5.11 Å². The summed E-state index contributed by atoms with van der Waals surface area (Å²) in [6.45, 7) is 2.03. The average molecular weight is 398 g/mol. The lowest BCUT2D eigenvalue weighted by Crippen LogP contribution is -2.27. The lowest BCUT2D eigenvalue weighted by Gasteiger charge is -2.25. The first-order valence-electron chi connectivity index (χ1n) is 6.93. The summed E-state index contributed by atoms with van der Waals surface area (Å²) < 4.78 is 2.03. The fraction of sp³-hybridized carbons (Fsp3) is 0.250. The molecule has 1 unspecified atom stereocenters. The number of hydrogen-bond acceptors (Lipinski definition) is 4. The molecule has 1 N–H and O–H groups in total. The van der Waals surface area contributed by atoms with Gasteiger partial charge in [-0.15, -0.1) is 11.3 Å². The second-order valence-corrected chi connectivity index (χ2v) is 7.52. The van der Waals surface area contributed by atoms with Crippen molar-refractivity contribution in [1.82, 2.24) is 9.97 Å². The van der Waals surface area contributed by atoms with Crippen LogP contribution in [-0.4, -0.2) is 15.1 Å². The quantitative estimate of drug-likeness (QED) is 0.662. The van der Waals surface area contributed by atoms with Crippen molar-refractivity contribution in [3.8, 4) is 0 Å². The first-order chi connectivity index (χ1) is 10.5. The fourth-order valence-corrected chi connectivity index (χ4v) is 4.28. The first-order valence-corrected chi connectivity index (χ1v) is 8.91. The molecule has 0 radical (unpaired) electrons. The minimum atomic E-state index is -1.16. The molecule has 0 spiro atoms. The van der Waals surface area contributed by atoms with E-state index in [1.165, 1.54) is 11.3 Å². The highest BCUT2D eigenvalue weighted by Gasteiger charge is 2.34. The Hall–Kier alpha value is -1.01. The number of halogens is 2. The van der Waals surface area contributed by atoms with Crippen LogP contribution in [0, 0.1) is 0 Å². The molecular formula is C16H14BrClN2OS. The normalized spacial score (nSPS) is 14.2. The van der Waals surface area contributed by atoms with Gasteiger partial charge in [-0.2, -0.15) is 0 Å². The molecule has 3 aromatic rings. The van der Waals surface area contributed by atoms with Crippen LogP contribution in [-0.2, 0) is 5.60 Å². The number of rotatable bonds is 4. The van der Waals surface area contributed by atoms with E-state index < -0.39 is 5.60 Å². The molecule has 0 saturated carbocycles. The second kappa shape index (κ2) is 6.24. The van der Waals surface area contributed by atoms with E-state index in [4.69, 9.17) is 11.6 Å². The van der Waals surface area contributed by atoms with Crippen molar-refractivity contribution >= 4 is 49.1 Å². The van der Waals surface area contributed by atoms with Crippen LogP contribution in [0.2, 0.25) is 5.02 Å². The number of aliphatic hydroxyl groups is 1. The van der Waals surface area contributed by atoms with Gasteiger partial charge in [-0.05, 0) is 30.7 Å². The molecule has 0 bridgehead atoms. The predicted molar refractivity (Wildman–Crippen MR) is 94.5 cm³/mol. The molecule has 0 saturated heterocycles. The number of hydrogen-bond donors (Lipinski definition) is 1. The molecule has 0 aliphatic heterocycles. The molecular weight excluding hydrogens is 384 g/mol. The van der Waals surface area contributed by atoms with Crippen molar-refractivity contribution in [2.45, 2.75) is 25.4 Å². The smallest absolute Gasteiger partial charge is 0.142 e. The van der Waals surface area contributed by atoms with Crippen LogP contribution in [0.15, 0.2) is 41.1 Å². The van der Waals surface area contributed by atoms with Gasteiger partial charge < -0.3 is 5.11 Å². The van der Waals surface area contributed by atoms with Gasteiger partial charge in [0.15, 0.2) is 0 Å². The summed E-state index contributed by atoms with van der Waals surface area (Å²) >= 11 is 11.0. The van der Waals surface area contributed by atoms with Crippen LogP contribution in [0.5, 0.6) is 0 Å². The number of benzene rings is 1. The van der Waals surface area contributed by atoms with Crippen molar-refractivity contribution in [2.75, 3.05) is 0 Å². The Bertz CT molecular complexity index is 823. The molecule has 1 aromatic carbocycles. The lowest BCUT2D eigenvalue weighted by atomic mass is 9.91. The van der Waals surface area contributed by atoms with E-state index in [2.05, 4.69) is 25.9 Å². The fourth-order valence-electron chi connectivity index (χ4n) is 2.45. The zero-order valence-electron chi connectivity index (χ0n) is 11.9. The highest BCUT2D eigenvalue weighted by atomic mass is 79.9. The predicted octanol–water partition coefficient (Wildman–Crippen LogP) is 5.14. The number of nitrogens with zero attached hydrogens (tertiary/aromatic N) is 2. The molecule has 0 aliphatic rings. The topological polar surface area (TPSA) is 46.0 Å². The molecule has 0 fully saturated rings. The molecule has 2 heterocycles. The number of pyridine rings is 1. The second-order valence-electron chi connectivity index (χ2n) is 5.13. The van der Waals surface area contributed by atoms with E-state index in [0.29, 0.717) is 22.0 Å². The van der Waals surface area contributed by atoms with Crippen LogP contribution in [0.25, 0.3) is 10.2 Å². The molecule has 1 atom stereocenters. The Kier molecular flexibility index (Phi) is 4.50. The third-order valence-electron chi connectivity index (χ3n) is 3.50. The van der Waals surface area contributed by atoms with E-state index in [1.807, 2.05) is 25.1 Å². The van der Waals surface area contributed by atoms with Gasteiger partial charge in [-0.1, -0.05) is 40.9 Å². The summed E-state index contributed by atoms with van der Waals surface area (Å²) in [7, 11) is 0. The monoisotopic (exact) mass is 396 g/mol. The van der Waals surface area contributed by atoms with Gasteiger partial charge in [0.25, 0.3) is 0 Å². The highest BCUT2D eigenvalue weighted by molar-refractivity contribution is 9.10. The number of fused-ring (bicyclic) bond motifs is 1. The zero-order chi connectivity index (χ0) is 15.7. The molecule has 0 amide bonds. The van der Waals surface area contributed by atoms with Gasteiger partial charge >= 0.3 is 0 Å². The molecule has 114 valence electrons. The van der Waals surface area contributed by atoms with Crippen LogP contribution in [0.3, 0.4) is 0 Å². The maximum absolute atomic E-state index is 11.3. The molecule has 3 rings (SSSR count). The maximum atomic E-state index is 11.3. The van der Waals surface area contributed by atoms with Gasteiger partial charge in [0, 0.05) is 22.4 Å². The van der Waals surface area contributed by atoms with Gasteiger partial charge in [0.1, 0.15) is 10.6 Å². The standard InChI is InChI=1S/C16H14BrClN2OS/c1-2-5-16(21,10-6-12(18)9-19-8-10)15-20-13-4-3-11(17)7-14(13)22-15/h3-4,6-9,21H,2,5H2,1H3. The molecule has 6 heteroatoms. The SMILES string of the molecule is CCCC(O)(c1cncc(Cl)c1)c1nc2ccc(Br)cc2s1. The summed E-state index contributed by atoms with van der Waals surface area (Å²) in [5, 5.41) is 12.5. The van der Waals surface area contributed by atoms with E-state index in [1.54, 1.807) is 18.5 Å². The molecule has 2 aromatic heterocycles. The minimum Gasteiger partial charge on any atom is -0.378 e. The van der Waals surface area contributed by atoms with Crippen molar-refractivity contribution in [2.24, 2.45) is 0 Å². The number of aromatic nitrogens is 2. The van der Waals surface area contributed by atoms with E-state index >= 15 is 0 Å². The average Bonchev–Trinajstić information content (AvgIpc) is 2.91. The van der Waals surface area contributed by atoms with Crippen molar-refractivity contribution < 1.29 is 5.11 Å². The summed E-state index contributed by atoms with van der Waals surface area (Å²) in [5.41, 5.74) is 0.399. The van der Waals surface area contributed by atoms with Gasteiger partial charge in [-0.25, -0.2) is 4.98 Å². The summed E-state index contributed by atoms with van der Waals surface area (Å²) in [5.74, 6) is 0. The van der Waals surface area contributed by atoms with Crippen LogP contribution >= 0.6 is 38.9 Å². The van der Waals surface area contributed by atoms with Crippen LogP contribution in [0.4, 0.5) is 0 Å². The maximum Gasteiger partial charge on any atom is 0.142 e. The molecule has 3 nitrogen and oxygen atoms in total. The third-order valence-corrected chi connectivity index (χ3v) is 5.37. The summed E-state index contributed by atoms with van der Waals surface area (Å²) in [6, 6.07) is 7.67. The molecule has 0 aliphatic carbocycles. The molecule has 22 heavy (non-hydrogen) atoms. The van der Waals surface area contributed by atoms with Gasteiger partial charge in [-0.3, -0.25) is 4.98 Å². The first kappa shape index (κ1) is 15.9. The van der Waals surface area contributed by atoms with Crippen molar-refractivity contribution in [1.29, 1.82) is 0 Å². The van der Waals surface area contributed by atoms with Crippen molar-refractivity contribution in [3.05, 3.63) is 56.7 Å². The summed E-state index contributed by atoms with van der Waals surface area (Å²) in [6.07, 6.45) is 4.61. The number of thiazole rings is 1. The zero-order valence-corrected chi connectivity index (χ0v) is 15.0. The van der Waals surface area contributed by atoms with Crippen molar-refractivity contribution in [3.63, 3.8) is 0 Å².